The van der Waals surface area contributed by atoms with Crippen molar-refractivity contribution in [1.29, 1.82) is 0 Å². The molecule has 1 aliphatic rings. The van der Waals surface area contributed by atoms with Gasteiger partial charge in [-0.15, -0.1) is 0 Å². The second-order valence-corrected chi connectivity index (χ2v) is 6.57. The molecular weight excluding hydrogens is 396 g/mol. The van der Waals surface area contributed by atoms with Crippen molar-refractivity contribution in [2.75, 3.05) is 49.8 Å². The van der Waals surface area contributed by atoms with E-state index in [1.165, 1.54) is 6.21 Å². The third-order valence-corrected chi connectivity index (χ3v) is 4.67. The molecule has 3 N–H and O–H groups in total. The fourth-order valence-electron chi connectivity index (χ4n) is 3.20. The lowest BCUT2D eigenvalue weighted by Crippen LogP contribution is -2.37. The number of pyridine rings is 1. The average Bonchev–Trinajstić information content (AvgIpc) is 3.19. The summed E-state index contributed by atoms with van der Waals surface area (Å²) in [6, 6.07) is 7.63. The van der Waals surface area contributed by atoms with Crippen LogP contribution in [0.25, 0.3) is 10.9 Å². The number of hydrogen-bond acceptors (Lipinski definition) is 7. The molecule has 1 saturated heterocycles. The first kappa shape index (κ1) is 20.0. The molecule has 3 aromatic rings. The zero-order chi connectivity index (χ0) is 20.9. The summed E-state index contributed by atoms with van der Waals surface area (Å²) in [4.78, 5) is 8.74. The van der Waals surface area contributed by atoms with E-state index in [9.17, 15) is 4.39 Å². The number of hydrogen-bond donors (Lipinski definition) is 3. The Morgan fingerprint density at radius 3 is 2.87 bits per heavy atom. The number of ether oxygens (including phenoxy) is 2. The number of rotatable bonds is 7. The maximum Gasteiger partial charge on any atom is 0.254 e. The second-order valence-electron chi connectivity index (χ2n) is 6.57. The molecule has 0 atom stereocenters. The topological polar surface area (TPSA) is 95.0 Å². The van der Waals surface area contributed by atoms with E-state index in [1.54, 1.807) is 11.1 Å². The number of H-pyrrole nitrogens is 1. The number of fused-ring (bicyclic) bond motifs is 1. The van der Waals surface area contributed by atoms with Crippen LogP contribution in [0.1, 0.15) is 5.56 Å². The van der Waals surface area contributed by atoms with Gasteiger partial charge in [0.15, 0.2) is 11.6 Å². The number of hydrazone groups is 1. The van der Waals surface area contributed by atoms with Gasteiger partial charge in [0.25, 0.3) is 5.88 Å². The predicted molar refractivity (Wildman–Crippen MR) is 109 cm³/mol. The van der Waals surface area contributed by atoms with Crippen LogP contribution < -0.4 is 15.1 Å². The zero-order valence-electron chi connectivity index (χ0n) is 16.1. The monoisotopic (exact) mass is 417 g/mol. The molecular formula is C20H21F2N5O3. The molecule has 1 fully saturated rings. The number of nitrogens with zero attached hydrogens (tertiary/aromatic N) is 3. The number of aliphatic hydroxyl groups is 1. The minimum absolute atomic E-state index is 0.0579. The number of aromatic amines is 1. The molecule has 0 amide bonds. The molecule has 4 rings (SSSR count). The number of halogens is 2. The van der Waals surface area contributed by atoms with Gasteiger partial charge in [-0.2, -0.15) is 14.5 Å². The number of morpholine rings is 1. The lowest BCUT2D eigenvalue weighted by Gasteiger charge is -2.28. The largest absolute Gasteiger partial charge is 0.473 e. The first-order chi connectivity index (χ1) is 14.7. The van der Waals surface area contributed by atoms with Gasteiger partial charge in [0.2, 0.25) is 5.82 Å². The predicted octanol–water partition coefficient (Wildman–Crippen LogP) is 2.49. The summed E-state index contributed by atoms with van der Waals surface area (Å²) in [5.74, 6) is -2.36. The van der Waals surface area contributed by atoms with Crippen LogP contribution >= 0.6 is 0 Å². The Morgan fingerprint density at radius 1 is 1.27 bits per heavy atom. The molecule has 0 radical (unpaired) electrons. The molecule has 8 nitrogen and oxygen atoms in total. The summed E-state index contributed by atoms with van der Waals surface area (Å²) < 4.78 is 40.4. The second kappa shape index (κ2) is 9.06. The van der Waals surface area contributed by atoms with Crippen LogP contribution in [0.5, 0.6) is 5.88 Å². The highest BCUT2D eigenvalue weighted by atomic mass is 19.1. The van der Waals surface area contributed by atoms with Crippen molar-refractivity contribution in [3.63, 3.8) is 0 Å². The van der Waals surface area contributed by atoms with Gasteiger partial charge in [0.05, 0.1) is 26.0 Å². The Balaban J connectivity index is 1.64. The van der Waals surface area contributed by atoms with E-state index in [1.807, 2.05) is 24.3 Å². The first-order valence-electron chi connectivity index (χ1n) is 9.49. The van der Waals surface area contributed by atoms with Crippen LogP contribution in [-0.2, 0) is 4.74 Å². The third-order valence-electron chi connectivity index (χ3n) is 4.67. The van der Waals surface area contributed by atoms with Crippen LogP contribution in [0.4, 0.5) is 20.3 Å². The van der Waals surface area contributed by atoms with Gasteiger partial charge in [-0.1, -0.05) is 18.2 Å². The van der Waals surface area contributed by atoms with Crippen LogP contribution in [0.3, 0.4) is 0 Å². The Hall–Kier alpha value is -3.24. The number of anilines is 2. The number of aromatic nitrogens is 2. The van der Waals surface area contributed by atoms with Crippen molar-refractivity contribution in [1.82, 2.24) is 9.97 Å². The molecule has 0 aliphatic carbocycles. The number of nitrogens with one attached hydrogen (secondary N) is 2. The molecule has 1 aromatic carbocycles. The molecule has 158 valence electrons. The van der Waals surface area contributed by atoms with Crippen LogP contribution in [-0.4, -0.2) is 60.8 Å². The molecule has 30 heavy (non-hydrogen) atoms. The van der Waals surface area contributed by atoms with Crippen molar-refractivity contribution >= 4 is 28.6 Å². The van der Waals surface area contributed by atoms with E-state index >= 15 is 4.39 Å². The maximum atomic E-state index is 15.1. The van der Waals surface area contributed by atoms with Gasteiger partial charge in [-0.25, -0.2) is 4.39 Å². The first-order valence-corrected chi connectivity index (χ1v) is 9.49. The van der Waals surface area contributed by atoms with Crippen molar-refractivity contribution < 1.29 is 23.4 Å². The van der Waals surface area contributed by atoms with Crippen molar-refractivity contribution in [3.8, 4) is 5.88 Å². The SMILES string of the molecule is OCCOc1nc(N2CCOCC2)c(F)c(N/N=C/c2c[nH]c3ccccc23)c1F. The molecule has 0 unspecified atom stereocenters. The standard InChI is InChI=1S/C20H21F2N5O3/c21-16-18(26-24-12-13-11-23-15-4-2-1-3-14(13)15)17(22)20(30-10-7-28)25-19(16)27-5-8-29-9-6-27/h1-4,11-12,23,28H,5-10H2,(H,25,26)/b24-12+. The number of aliphatic hydroxyl groups excluding tert-OH is 1. The van der Waals surface area contributed by atoms with Crippen LogP contribution in [0.2, 0.25) is 0 Å². The lowest BCUT2D eigenvalue weighted by atomic mass is 10.2. The molecule has 10 heteroatoms. The Morgan fingerprint density at radius 2 is 2.07 bits per heavy atom. The summed E-state index contributed by atoms with van der Waals surface area (Å²) >= 11 is 0. The summed E-state index contributed by atoms with van der Waals surface area (Å²) in [5.41, 5.74) is 3.66. The van der Waals surface area contributed by atoms with Crippen molar-refractivity contribution in [2.45, 2.75) is 0 Å². The van der Waals surface area contributed by atoms with E-state index < -0.39 is 23.2 Å². The third kappa shape index (κ3) is 4.05. The van der Waals surface area contributed by atoms with Gasteiger partial charge < -0.3 is 24.5 Å². The van der Waals surface area contributed by atoms with E-state index in [4.69, 9.17) is 14.6 Å². The normalized spacial score (nSPS) is 14.6. The van der Waals surface area contributed by atoms with Gasteiger partial charge in [0.1, 0.15) is 12.3 Å². The highest BCUT2D eigenvalue weighted by molar-refractivity contribution is 5.99. The number of para-hydroxylation sites is 1. The quantitative estimate of drug-likeness (QED) is 0.404. The number of benzene rings is 1. The van der Waals surface area contributed by atoms with Gasteiger partial charge in [0, 0.05) is 35.8 Å². The molecule has 2 aromatic heterocycles. The minimum atomic E-state index is -1.02. The fraction of sp³-hybridized carbons (Fsp3) is 0.300. The molecule has 0 saturated carbocycles. The van der Waals surface area contributed by atoms with E-state index in [0.29, 0.717) is 26.3 Å². The Bertz CT molecular complexity index is 1050. The highest BCUT2D eigenvalue weighted by Crippen LogP contribution is 2.33. The van der Waals surface area contributed by atoms with Crippen molar-refractivity contribution in [3.05, 3.63) is 47.7 Å². The Labute approximate surface area is 171 Å². The summed E-state index contributed by atoms with van der Waals surface area (Å²) in [7, 11) is 0. The summed E-state index contributed by atoms with van der Waals surface area (Å²) in [6.07, 6.45) is 3.23. The van der Waals surface area contributed by atoms with Gasteiger partial charge >= 0.3 is 0 Å². The smallest absolute Gasteiger partial charge is 0.254 e. The lowest BCUT2D eigenvalue weighted by molar-refractivity contribution is 0.122. The molecule has 0 spiro atoms. The van der Waals surface area contributed by atoms with Gasteiger partial charge in [-0.05, 0) is 6.07 Å². The van der Waals surface area contributed by atoms with Crippen molar-refractivity contribution in [2.24, 2.45) is 5.10 Å². The van der Waals surface area contributed by atoms with Gasteiger partial charge in [-0.3, -0.25) is 5.43 Å². The minimum Gasteiger partial charge on any atom is -0.473 e. The molecule has 0 bridgehead atoms. The van der Waals surface area contributed by atoms with E-state index in [2.05, 4.69) is 20.5 Å². The zero-order valence-corrected chi connectivity index (χ0v) is 16.1. The maximum absolute atomic E-state index is 15.1. The van der Waals surface area contributed by atoms with E-state index in [-0.39, 0.29) is 19.0 Å². The summed E-state index contributed by atoms with van der Waals surface area (Å²) in [6.45, 7) is 1.14. The highest BCUT2D eigenvalue weighted by Gasteiger charge is 2.26. The van der Waals surface area contributed by atoms with Crippen LogP contribution in [0, 0.1) is 11.6 Å². The van der Waals surface area contributed by atoms with E-state index in [0.717, 1.165) is 16.5 Å². The summed E-state index contributed by atoms with van der Waals surface area (Å²) in [5, 5.41) is 13.9. The Kier molecular flexibility index (Phi) is 6.05. The fourth-order valence-corrected chi connectivity index (χ4v) is 3.20. The molecule has 3 heterocycles. The molecule has 1 aliphatic heterocycles. The van der Waals surface area contributed by atoms with Crippen LogP contribution in [0.15, 0.2) is 35.6 Å². The average molecular weight is 417 g/mol.